The molecule has 0 aromatic carbocycles. The minimum atomic E-state index is -4.37. The van der Waals surface area contributed by atoms with Crippen LogP contribution in [0.15, 0.2) is 0 Å². The summed E-state index contributed by atoms with van der Waals surface area (Å²) in [4.78, 5) is 25.5. The van der Waals surface area contributed by atoms with Crippen LogP contribution in [0.5, 0.6) is 0 Å². The number of nitrogens with two attached hydrogens (primary N) is 1. The van der Waals surface area contributed by atoms with E-state index in [9.17, 15) is 18.0 Å². The number of hydrogen-bond acceptors (Lipinski definition) is 9. The molecule has 1 amide bonds. The van der Waals surface area contributed by atoms with Gasteiger partial charge in [0.05, 0.1) is 37.4 Å². The lowest BCUT2D eigenvalue weighted by Crippen LogP contribution is -2.46. The van der Waals surface area contributed by atoms with Crippen LogP contribution in [0, 0.1) is 5.41 Å². The van der Waals surface area contributed by atoms with Gasteiger partial charge in [-0.05, 0) is 32.6 Å². The molecule has 0 aromatic rings. The van der Waals surface area contributed by atoms with E-state index in [1.807, 2.05) is 0 Å². The van der Waals surface area contributed by atoms with Crippen LogP contribution < -0.4 is 5.73 Å². The summed E-state index contributed by atoms with van der Waals surface area (Å²) in [7, 11) is -4.37. The van der Waals surface area contributed by atoms with Crippen LogP contribution in [-0.4, -0.2) is 68.8 Å². The predicted molar refractivity (Wildman–Crippen MR) is 95.0 cm³/mol. The number of ether oxygens (including phenoxy) is 1. The molecule has 0 spiro atoms. The Bertz CT molecular complexity index is 650. The molecule has 0 radical (unpaired) electrons. The van der Waals surface area contributed by atoms with E-state index < -0.39 is 33.7 Å². The maximum absolute atomic E-state index is 12.3. The van der Waals surface area contributed by atoms with Crippen molar-refractivity contribution < 1.29 is 31.2 Å². The van der Waals surface area contributed by atoms with Gasteiger partial charge in [-0.2, -0.15) is 17.8 Å². The van der Waals surface area contributed by atoms with Crippen molar-refractivity contribution in [1.82, 2.24) is 9.96 Å². The lowest BCUT2D eigenvalue weighted by molar-refractivity contribution is -0.158. The molecule has 2 saturated heterocycles. The second-order valence-electron chi connectivity index (χ2n) is 6.93. The van der Waals surface area contributed by atoms with Crippen LogP contribution in [0.25, 0.3) is 0 Å². The van der Waals surface area contributed by atoms with Crippen LogP contribution in [0.3, 0.4) is 0 Å². The van der Waals surface area contributed by atoms with Gasteiger partial charge in [-0.25, -0.2) is 4.18 Å². The first-order chi connectivity index (χ1) is 12.7. The second kappa shape index (κ2) is 8.82. The van der Waals surface area contributed by atoms with Gasteiger partial charge in [-0.1, -0.05) is 13.8 Å². The molecule has 0 aromatic heterocycles. The van der Waals surface area contributed by atoms with Gasteiger partial charge < -0.3 is 10.5 Å². The minimum Gasteiger partial charge on any atom is -0.465 e. The molecule has 156 valence electrons. The van der Waals surface area contributed by atoms with Crippen LogP contribution in [0.2, 0.25) is 0 Å². The van der Waals surface area contributed by atoms with Crippen molar-refractivity contribution in [3.05, 3.63) is 0 Å². The molecule has 0 aliphatic carbocycles. The van der Waals surface area contributed by atoms with E-state index in [-0.39, 0.29) is 25.9 Å². The first kappa shape index (κ1) is 22.0. The van der Waals surface area contributed by atoms with E-state index in [1.165, 1.54) is 5.06 Å². The Kier molecular flexibility index (Phi) is 7.20. The van der Waals surface area contributed by atoms with E-state index in [2.05, 4.69) is 0 Å². The Morgan fingerprint density at radius 2 is 1.85 bits per heavy atom. The molecule has 2 rings (SSSR count). The smallest absolute Gasteiger partial charge is 0.416 e. The molecule has 2 fully saturated rings. The second-order valence-corrected chi connectivity index (χ2v) is 8.13. The van der Waals surface area contributed by atoms with Crippen LogP contribution in [0.1, 0.15) is 46.5 Å². The highest BCUT2D eigenvalue weighted by molar-refractivity contribution is 7.81. The fourth-order valence-corrected chi connectivity index (χ4v) is 4.34. The Hall–Kier alpha value is -1.27. The van der Waals surface area contributed by atoms with Crippen molar-refractivity contribution in [2.75, 3.05) is 26.4 Å². The third kappa shape index (κ3) is 4.96. The SMILES string of the molecule is CCOC(=O)C(CC)(CC)COS(=O)(=O)ON1C[N@]2C[C@H]1CC[C@H]2C(N)=O. The van der Waals surface area contributed by atoms with Gasteiger partial charge in [0.1, 0.15) is 0 Å². The van der Waals surface area contributed by atoms with Crippen LogP contribution in [0.4, 0.5) is 0 Å². The van der Waals surface area contributed by atoms with Gasteiger partial charge in [-0.3, -0.25) is 14.5 Å². The van der Waals surface area contributed by atoms with Gasteiger partial charge in [0.25, 0.3) is 0 Å². The van der Waals surface area contributed by atoms with Crippen LogP contribution >= 0.6 is 0 Å². The quantitative estimate of drug-likeness (QED) is 0.503. The first-order valence-electron chi connectivity index (χ1n) is 9.24. The Labute approximate surface area is 160 Å². The molecule has 2 heterocycles. The number of piperidine rings is 1. The molecule has 3 atom stereocenters. The van der Waals surface area contributed by atoms with E-state index in [0.717, 1.165) is 0 Å². The van der Waals surface area contributed by atoms with Gasteiger partial charge in [0, 0.05) is 6.54 Å². The van der Waals surface area contributed by atoms with Crippen LogP contribution in [-0.2, 0) is 33.2 Å². The molecule has 11 heteroatoms. The van der Waals surface area contributed by atoms with Crippen molar-refractivity contribution in [2.45, 2.75) is 58.5 Å². The largest absolute Gasteiger partial charge is 0.465 e. The van der Waals surface area contributed by atoms with E-state index in [4.69, 9.17) is 18.9 Å². The normalized spacial score (nSPS) is 26.1. The molecule has 2 aliphatic rings. The average Bonchev–Trinajstić information content (AvgIpc) is 2.91. The zero-order valence-corrected chi connectivity index (χ0v) is 16.9. The lowest BCUT2D eigenvalue weighted by Gasteiger charge is -2.29. The number of nitrogens with zero attached hydrogens (tertiary/aromatic N) is 2. The molecule has 10 nitrogen and oxygen atoms in total. The Balaban J connectivity index is 1.99. The molecule has 0 saturated carbocycles. The average molecular weight is 407 g/mol. The number of amides is 1. The van der Waals surface area contributed by atoms with Gasteiger partial charge >= 0.3 is 16.4 Å². The van der Waals surface area contributed by atoms with Gasteiger partial charge in [0.15, 0.2) is 0 Å². The van der Waals surface area contributed by atoms with Gasteiger partial charge in [-0.15, -0.1) is 0 Å². The molecule has 27 heavy (non-hydrogen) atoms. The highest BCUT2D eigenvalue weighted by Gasteiger charge is 2.44. The predicted octanol–water partition coefficient (Wildman–Crippen LogP) is 0.140. The topological polar surface area (TPSA) is 128 Å². The number of rotatable bonds is 10. The Morgan fingerprint density at radius 3 is 2.41 bits per heavy atom. The lowest BCUT2D eigenvalue weighted by atomic mass is 9.83. The molecule has 2 aliphatic heterocycles. The summed E-state index contributed by atoms with van der Waals surface area (Å²) in [5.41, 5.74) is 4.33. The maximum Gasteiger partial charge on any atom is 0.416 e. The maximum atomic E-state index is 12.3. The zero-order valence-electron chi connectivity index (χ0n) is 16.0. The number of esters is 1. The van der Waals surface area contributed by atoms with Crippen molar-refractivity contribution in [3.63, 3.8) is 0 Å². The minimum absolute atomic E-state index is 0.144. The fourth-order valence-electron chi connectivity index (χ4n) is 3.52. The highest BCUT2D eigenvalue weighted by Crippen LogP contribution is 2.31. The number of hydroxylamine groups is 2. The molecular weight excluding hydrogens is 378 g/mol. The third-order valence-corrected chi connectivity index (χ3v) is 6.23. The zero-order chi connectivity index (χ0) is 20.2. The number of carbonyl (C=O) groups is 2. The standard InChI is InChI=1S/C16H29N3O7S/c1-4-16(5-2,15(21)24-6-3)10-25-27(22,23)26-19-11-18-9-12(19)7-8-13(18)14(17)20/h12-13H,4-11H2,1-3H3,(H2,17,20)/t12-,13+/m1/s1. The van der Waals surface area contributed by atoms with Crippen molar-refractivity contribution in [1.29, 1.82) is 0 Å². The van der Waals surface area contributed by atoms with Crippen molar-refractivity contribution in [2.24, 2.45) is 11.1 Å². The monoisotopic (exact) mass is 407 g/mol. The number of fused-ring (bicyclic) bond motifs is 2. The van der Waals surface area contributed by atoms with Crippen molar-refractivity contribution >= 4 is 22.3 Å². The summed E-state index contributed by atoms with van der Waals surface area (Å²) >= 11 is 0. The third-order valence-electron chi connectivity index (χ3n) is 5.44. The fraction of sp³-hybridized carbons (Fsp3) is 0.875. The van der Waals surface area contributed by atoms with Gasteiger partial charge in [0.2, 0.25) is 5.91 Å². The number of carbonyl (C=O) groups excluding carboxylic acids is 2. The molecule has 2 bridgehead atoms. The van der Waals surface area contributed by atoms with Crippen molar-refractivity contribution in [3.8, 4) is 0 Å². The molecule has 0 unspecified atom stereocenters. The number of primary amides is 1. The number of hydrogen-bond donors (Lipinski definition) is 1. The first-order valence-corrected chi connectivity index (χ1v) is 10.6. The summed E-state index contributed by atoms with van der Waals surface area (Å²) in [6, 6.07) is -0.582. The summed E-state index contributed by atoms with van der Waals surface area (Å²) in [6.07, 6.45) is 1.89. The summed E-state index contributed by atoms with van der Waals surface area (Å²) in [6.45, 7) is 5.74. The van der Waals surface area contributed by atoms with E-state index in [0.29, 0.717) is 32.2 Å². The molecular formula is C16H29N3O7S. The summed E-state index contributed by atoms with van der Waals surface area (Å²) in [5.74, 6) is -0.919. The highest BCUT2D eigenvalue weighted by atomic mass is 32.3. The van der Waals surface area contributed by atoms with E-state index in [1.54, 1.807) is 25.7 Å². The summed E-state index contributed by atoms with van der Waals surface area (Å²) < 4.78 is 39.8. The summed E-state index contributed by atoms with van der Waals surface area (Å²) in [5, 5.41) is 1.29. The Morgan fingerprint density at radius 1 is 1.19 bits per heavy atom. The van der Waals surface area contributed by atoms with E-state index >= 15 is 0 Å². The molecule has 2 N–H and O–H groups in total.